The zero-order valence-corrected chi connectivity index (χ0v) is 9.53. The summed E-state index contributed by atoms with van der Waals surface area (Å²) in [5.41, 5.74) is 0.871. The predicted octanol–water partition coefficient (Wildman–Crippen LogP) is 1.86. The van der Waals surface area contributed by atoms with Crippen molar-refractivity contribution in [3.8, 4) is 0 Å². The predicted molar refractivity (Wildman–Crippen MR) is 57.8 cm³/mol. The van der Waals surface area contributed by atoms with Gasteiger partial charge in [0.25, 0.3) is 0 Å². The topological polar surface area (TPSA) is 55.1 Å². The Hall–Kier alpha value is -1.32. The molecule has 1 rings (SSSR count). The van der Waals surface area contributed by atoms with Gasteiger partial charge in [0, 0.05) is 19.2 Å². The second kappa shape index (κ2) is 4.96. The fourth-order valence-corrected chi connectivity index (χ4v) is 1.51. The summed E-state index contributed by atoms with van der Waals surface area (Å²) in [6, 6.07) is 0. The maximum atomic E-state index is 10.4. The number of hydrogen-bond acceptors (Lipinski definition) is 2. The highest BCUT2D eigenvalue weighted by atomic mass is 16.4. The number of rotatable bonds is 5. The van der Waals surface area contributed by atoms with Crippen molar-refractivity contribution in [2.75, 3.05) is 0 Å². The highest BCUT2D eigenvalue weighted by Crippen LogP contribution is 2.08. The Morgan fingerprint density at radius 3 is 2.80 bits per heavy atom. The van der Waals surface area contributed by atoms with Crippen molar-refractivity contribution < 1.29 is 9.90 Å². The van der Waals surface area contributed by atoms with E-state index in [0.29, 0.717) is 12.3 Å². The van der Waals surface area contributed by atoms with Crippen LogP contribution in [0.3, 0.4) is 0 Å². The number of aromatic nitrogens is 2. The molecule has 0 unspecified atom stereocenters. The lowest BCUT2D eigenvalue weighted by atomic mass is 10.2. The minimum atomic E-state index is -0.772. The van der Waals surface area contributed by atoms with E-state index in [2.05, 4.69) is 23.4 Å². The molecule has 1 heterocycles. The van der Waals surface area contributed by atoms with Crippen molar-refractivity contribution in [3.63, 3.8) is 0 Å². The van der Waals surface area contributed by atoms with Crippen molar-refractivity contribution >= 4 is 5.97 Å². The molecule has 0 saturated carbocycles. The minimum Gasteiger partial charge on any atom is -0.481 e. The Morgan fingerprint density at radius 1 is 1.60 bits per heavy atom. The van der Waals surface area contributed by atoms with E-state index in [1.54, 1.807) is 0 Å². The first-order valence-electron chi connectivity index (χ1n) is 5.23. The minimum absolute atomic E-state index is 0.151. The normalized spacial score (nSPS) is 10.9. The van der Waals surface area contributed by atoms with Gasteiger partial charge < -0.3 is 9.67 Å². The standard InChI is InChI=1S/C11H18N2O2/c1-8(2)6-13-7-10(12-9(13)3)4-5-11(14)15/h7-8H,4-6H2,1-3H3,(H,14,15). The molecule has 84 valence electrons. The number of aliphatic carboxylic acids is 1. The van der Waals surface area contributed by atoms with Gasteiger partial charge in [-0.3, -0.25) is 4.79 Å². The summed E-state index contributed by atoms with van der Waals surface area (Å²) in [6.45, 7) is 7.19. The largest absolute Gasteiger partial charge is 0.481 e. The van der Waals surface area contributed by atoms with Gasteiger partial charge >= 0.3 is 5.97 Å². The summed E-state index contributed by atoms with van der Waals surface area (Å²) >= 11 is 0. The van der Waals surface area contributed by atoms with Crippen LogP contribution in [0.25, 0.3) is 0 Å². The monoisotopic (exact) mass is 210 g/mol. The third-order valence-corrected chi connectivity index (χ3v) is 2.18. The van der Waals surface area contributed by atoms with Gasteiger partial charge in [0.15, 0.2) is 0 Å². The smallest absolute Gasteiger partial charge is 0.303 e. The number of aryl methyl sites for hydroxylation is 2. The Morgan fingerprint density at radius 2 is 2.27 bits per heavy atom. The van der Waals surface area contributed by atoms with Gasteiger partial charge in [-0.05, 0) is 12.8 Å². The van der Waals surface area contributed by atoms with Gasteiger partial charge in [0.05, 0.1) is 12.1 Å². The van der Waals surface area contributed by atoms with Crippen LogP contribution in [0.15, 0.2) is 6.20 Å². The van der Waals surface area contributed by atoms with Crippen LogP contribution in [-0.4, -0.2) is 20.6 Å². The lowest BCUT2D eigenvalue weighted by Crippen LogP contribution is -2.04. The molecule has 0 aromatic carbocycles. The lowest BCUT2D eigenvalue weighted by molar-refractivity contribution is -0.136. The molecule has 15 heavy (non-hydrogen) atoms. The third-order valence-electron chi connectivity index (χ3n) is 2.18. The van der Waals surface area contributed by atoms with Crippen molar-refractivity contribution in [1.29, 1.82) is 0 Å². The van der Waals surface area contributed by atoms with E-state index in [-0.39, 0.29) is 6.42 Å². The van der Waals surface area contributed by atoms with Gasteiger partial charge in [-0.25, -0.2) is 4.98 Å². The first-order valence-corrected chi connectivity index (χ1v) is 5.23. The molecule has 0 fully saturated rings. The summed E-state index contributed by atoms with van der Waals surface area (Å²) in [5, 5.41) is 8.56. The summed E-state index contributed by atoms with van der Waals surface area (Å²) < 4.78 is 2.09. The number of carboxylic acid groups (broad SMARTS) is 1. The first-order chi connectivity index (χ1) is 6.99. The molecular formula is C11H18N2O2. The number of hydrogen-bond donors (Lipinski definition) is 1. The highest BCUT2D eigenvalue weighted by Gasteiger charge is 2.07. The van der Waals surface area contributed by atoms with E-state index in [9.17, 15) is 4.79 Å². The van der Waals surface area contributed by atoms with E-state index in [1.807, 2.05) is 13.1 Å². The van der Waals surface area contributed by atoms with E-state index in [0.717, 1.165) is 18.1 Å². The molecule has 0 aliphatic heterocycles. The second-order valence-electron chi connectivity index (χ2n) is 4.22. The van der Waals surface area contributed by atoms with Crippen molar-refractivity contribution in [2.24, 2.45) is 5.92 Å². The maximum absolute atomic E-state index is 10.4. The van der Waals surface area contributed by atoms with Crippen LogP contribution in [0.5, 0.6) is 0 Å². The Bertz CT molecular complexity index is 342. The fraction of sp³-hybridized carbons (Fsp3) is 0.636. The molecule has 1 aromatic heterocycles. The molecule has 0 aliphatic carbocycles. The number of nitrogens with zero attached hydrogens (tertiary/aromatic N) is 2. The summed E-state index contributed by atoms with van der Waals surface area (Å²) in [4.78, 5) is 14.7. The van der Waals surface area contributed by atoms with E-state index >= 15 is 0 Å². The number of carbonyl (C=O) groups is 1. The zero-order chi connectivity index (χ0) is 11.4. The van der Waals surface area contributed by atoms with E-state index < -0.39 is 5.97 Å². The summed E-state index contributed by atoms with van der Waals surface area (Å²) in [7, 11) is 0. The molecule has 4 heteroatoms. The molecule has 0 bridgehead atoms. The molecule has 0 spiro atoms. The van der Waals surface area contributed by atoms with Gasteiger partial charge in [0.2, 0.25) is 0 Å². The third kappa shape index (κ3) is 3.73. The SMILES string of the molecule is Cc1nc(CCC(=O)O)cn1CC(C)C. The summed E-state index contributed by atoms with van der Waals surface area (Å²) in [6.07, 6.45) is 2.62. The molecule has 0 aliphatic rings. The molecule has 0 saturated heterocycles. The number of carboxylic acids is 1. The molecule has 1 aromatic rings. The summed E-state index contributed by atoms with van der Waals surface area (Å²) in [5.74, 6) is 0.764. The van der Waals surface area contributed by atoms with Crippen molar-refractivity contribution in [2.45, 2.75) is 40.2 Å². The van der Waals surface area contributed by atoms with E-state index in [1.165, 1.54) is 0 Å². The van der Waals surface area contributed by atoms with Crippen LogP contribution in [-0.2, 0) is 17.8 Å². The van der Waals surface area contributed by atoms with Crippen LogP contribution in [0.4, 0.5) is 0 Å². The van der Waals surface area contributed by atoms with Crippen LogP contribution in [0, 0.1) is 12.8 Å². The molecule has 0 radical (unpaired) electrons. The zero-order valence-electron chi connectivity index (χ0n) is 9.53. The number of imidazole rings is 1. The Labute approximate surface area is 89.9 Å². The Kier molecular flexibility index (Phi) is 3.88. The van der Waals surface area contributed by atoms with Crippen LogP contribution in [0.1, 0.15) is 31.8 Å². The van der Waals surface area contributed by atoms with Gasteiger partial charge in [-0.2, -0.15) is 0 Å². The molecule has 1 N–H and O–H groups in total. The fourth-order valence-electron chi connectivity index (χ4n) is 1.51. The Balaban J connectivity index is 2.64. The average Bonchev–Trinajstić information content (AvgIpc) is 2.43. The molecule has 0 amide bonds. The van der Waals surface area contributed by atoms with Gasteiger partial charge in [0.1, 0.15) is 5.82 Å². The van der Waals surface area contributed by atoms with Crippen LogP contribution >= 0.6 is 0 Å². The van der Waals surface area contributed by atoms with E-state index in [4.69, 9.17) is 5.11 Å². The quantitative estimate of drug-likeness (QED) is 0.807. The van der Waals surface area contributed by atoms with Crippen molar-refractivity contribution in [3.05, 3.63) is 17.7 Å². The average molecular weight is 210 g/mol. The van der Waals surface area contributed by atoms with Crippen molar-refractivity contribution in [1.82, 2.24) is 9.55 Å². The van der Waals surface area contributed by atoms with Gasteiger partial charge in [-0.15, -0.1) is 0 Å². The van der Waals surface area contributed by atoms with Crippen LogP contribution < -0.4 is 0 Å². The second-order valence-corrected chi connectivity index (χ2v) is 4.22. The molecule has 0 atom stereocenters. The van der Waals surface area contributed by atoms with Gasteiger partial charge in [-0.1, -0.05) is 13.8 Å². The van der Waals surface area contributed by atoms with Crippen LogP contribution in [0.2, 0.25) is 0 Å². The lowest BCUT2D eigenvalue weighted by Gasteiger charge is -2.06. The molecule has 4 nitrogen and oxygen atoms in total. The molecular weight excluding hydrogens is 192 g/mol. The maximum Gasteiger partial charge on any atom is 0.303 e. The first kappa shape index (κ1) is 11.8. The highest BCUT2D eigenvalue weighted by molar-refractivity contribution is 5.66.